The molecule has 0 saturated carbocycles. The van der Waals surface area contributed by atoms with Crippen molar-refractivity contribution in [2.75, 3.05) is 0 Å². The van der Waals surface area contributed by atoms with E-state index in [1.165, 1.54) is 0 Å². The maximum Gasteiger partial charge on any atom is 0.389 e. The Morgan fingerprint density at radius 2 is 1.92 bits per heavy atom. The lowest BCUT2D eigenvalue weighted by molar-refractivity contribution is -0.144. The highest BCUT2D eigenvalue weighted by Gasteiger charge is 2.28. The number of hydrogen-bond acceptors (Lipinski definition) is 1. The number of hydrogen-bond donors (Lipinski definition) is 0. The fourth-order valence-corrected chi connectivity index (χ4v) is 0.739. The van der Waals surface area contributed by atoms with Crippen LogP contribution in [-0.4, -0.2) is 12.0 Å². The van der Waals surface area contributed by atoms with Crippen molar-refractivity contribution in [2.45, 2.75) is 39.3 Å². The first-order valence-electron chi connectivity index (χ1n) is 3.96. The molecule has 0 aromatic rings. The van der Waals surface area contributed by atoms with Crippen molar-refractivity contribution in [1.82, 2.24) is 0 Å². The van der Waals surface area contributed by atoms with E-state index in [-0.39, 0.29) is 18.1 Å². The second kappa shape index (κ2) is 4.48. The predicted octanol–water partition coefficient (Wildman–Crippen LogP) is 2.94. The molecule has 0 radical (unpaired) electrons. The molecule has 0 aliphatic heterocycles. The average molecular weight is 182 g/mol. The minimum absolute atomic E-state index is 0.243. The Hall–Kier alpha value is -0.540. The highest BCUT2D eigenvalue weighted by molar-refractivity contribution is 5.80. The van der Waals surface area contributed by atoms with E-state index < -0.39 is 12.6 Å². The lowest BCUT2D eigenvalue weighted by atomic mass is 10.00. The van der Waals surface area contributed by atoms with Crippen LogP contribution in [0, 0.1) is 5.92 Å². The number of alkyl halides is 3. The highest BCUT2D eigenvalue weighted by Crippen LogP contribution is 2.22. The molecule has 72 valence electrons. The zero-order chi connectivity index (χ0) is 9.78. The van der Waals surface area contributed by atoms with Crippen LogP contribution in [0.3, 0.4) is 0 Å². The van der Waals surface area contributed by atoms with Crippen LogP contribution in [0.1, 0.15) is 33.1 Å². The summed E-state index contributed by atoms with van der Waals surface area (Å²) in [5.74, 6) is -0.540. The molecule has 1 nitrogen and oxygen atoms in total. The predicted molar refractivity (Wildman–Crippen MR) is 39.8 cm³/mol. The topological polar surface area (TPSA) is 17.1 Å². The van der Waals surface area contributed by atoms with Crippen LogP contribution in [0.25, 0.3) is 0 Å². The van der Waals surface area contributed by atoms with E-state index in [9.17, 15) is 18.0 Å². The summed E-state index contributed by atoms with van der Waals surface area (Å²) in [4.78, 5) is 10.9. The van der Waals surface area contributed by atoms with Crippen molar-refractivity contribution in [3.8, 4) is 0 Å². The second-order valence-electron chi connectivity index (χ2n) is 2.89. The third-order valence-corrected chi connectivity index (χ3v) is 1.82. The van der Waals surface area contributed by atoms with Gasteiger partial charge in [0, 0.05) is 12.3 Å². The zero-order valence-electron chi connectivity index (χ0n) is 7.24. The van der Waals surface area contributed by atoms with Crippen LogP contribution >= 0.6 is 0 Å². The van der Waals surface area contributed by atoms with Gasteiger partial charge in [-0.15, -0.1) is 0 Å². The number of carbonyl (C=O) groups is 1. The molecule has 0 aliphatic rings. The molecule has 0 bridgehead atoms. The SMILES string of the molecule is CCC(C)C(=O)CCC(F)(F)F. The van der Waals surface area contributed by atoms with Gasteiger partial charge in [0.15, 0.2) is 0 Å². The molecule has 0 saturated heterocycles. The van der Waals surface area contributed by atoms with Crippen LogP contribution in [0.4, 0.5) is 13.2 Å². The Bertz CT molecular complexity index is 151. The Kier molecular flexibility index (Phi) is 4.28. The maximum absolute atomic E-state index is 11.6. The fourth-order valence-electron chi connectivity index (χ4n) is 0.739. The Balaban J connectivity index is 3.72. The van der Waals surface area contributed by atoms with E-state index >= 15 is 0 Å². The van der Waals surface area contributed by atoms with Crippen molar-refractivity contribution >= 4 is 5.78 Å². The molecule has 0 fully saturated rings. The molecule has 0 N–H and O–H groups in total. The molecule has 1 atom stereocenters. The molecule has 0 heterocycles. The van der Waals surface area contributed by atoms with Crippen molar-refractivity contribution < 1.29 is 18.0 Å². The Labute approximate surface area is 70.0 Å². The van der Waals surface area contributed by atoms with Crippen LogP contribution in [0.2, 0.25) is 0 Å². The summed E-state index contributed by atoms with van der Waals surface area (Å²) in [5.41, 5.74) is 0. The first-order valence-corrected chi connectivity index (χ1v) is 3.96. The first kappa shape index (κ1) is 11.5. The quantitative estimate of drug-likeness (QED) is 0.653. The van der Waals surface area contributed by atoms with Gasteiger partial charge in [0.2, 0.25) is 0 Å². The monoisotopic (exact) mass is 182 g/mol. The van der Waals surface area contributed by atoms with Crippen LogP contribution in [0.5, 0.6) is 0 Å². The minimum Gasteiger partial charge on any atom is -0.299 e. The van der Waals surface area contributed by atoms with Gasteiger partial charge in [-0.25, -0.2) is 0 Å². The molecule has 0 aromatic carbocycles. The van der Waals surface area contributed by atoms with Crippen LogP contribution in [-0.2, 0) is 4.79 Å². The summed E-state index contributed by atoms with van der Waals surface area (Å²) in [5, 5.41) is 0. The van der Waals surface area contributed by atoms with Crippen molar-refractivity contribution in [2.24, 2.45) is 5.92 Å². The number of carbonyl (C=O) groups excluding carboxylic acids is 1. The molecule has 0 rings (SSSR count). The Morgan fingerprint density at radius 1 is 1.42 bits per heavy atom. The Morgan fingerprint density at radius 3 is 2.25 bits per heavy atom. The third-order valence-electron chi connectivity index (χ3n) is 1.82. The van der Waals surface area contributed by atoms with Gasteiger partial charge in [-0.2, -0.15) is 13.2 Å². The summed E-state index contributed by atoms with van der Waals surface area (Å²) < 4.78 is 34.9. The summed E-state index contributed by atoms with van der Waals surface area (Å²) in [7, 11) is 0. The van der Waals surface area contributed by atoms with Crippen molar-refractivity contribution in [1.29, 1.82) is 0 Å². The first-order chi connectivity index (χ1) is 5.37. The van der Waals surface area contributed by atoms with Gasteiger partial charge in [0.25, 0.3) is 0 Å². The number of ketones is 1. The van der Waals surface area contributed by atoms with Gasteiger partial charge in [0.1, 0.15) is 5.78 Å². The molecule has 12 heavy (non-hydrogen) atoms. The van der Waals surface area contributed by atoms with Gasteiger partial charge in [-0.3, -0.25) is 4.79 Å². The molecule has 0 aliphatic carbocycles. The van der Waals surface area contributed by atoms with E-state index in [0.717, 1.165) is 0 Å². The molecular formula is C8H13F3O. The summed E-state index contributed by atoms with van der Waals surface area (Å²) >= 11 is 0. The standard InChI is InChI=1S/C8H13F3O/c1-3-6(2)7(12)4-5-8(9,10)11/h6H,3-5H2,1-2H3. The average Bonchev–Trinajstić information content (AvgIpc) is 1.97. The molecule has 4 heteroatoms. The van der Waals surface area contributed by atoms with Gasteiger partial charge in [0.05, 0.1) is 6.42 Å². The third kappa shape index (κ3) is 5.16. The van der Waals surface area contributed by atoms with E-state index in [0.29, 0.717) is 6.42 Å². The van der Waals surface area contributed by atoms with E-state index in [4.69, 9.17) is 0 Å². The summed E-state index contributed by atoms with van der Waals surface area (Å²) in [6.07, 6.45) is -4.96. The van der Waals surface area contributed by atoms with Gasteiger partial charge < -0.3 is 0 Å². The van der Waals surface area contributed by atoms with E-state index in [2.05, 4.69) is 0 Å². The zero-order valence-corrected chi connectivity index (χ0v) is 7.24. The molecule has 0 spiro atoms. The summed E-state index contributed by atoms with van der Waals surface area (Å²) in [6.45, 7) is 3.44. The van der Waals surface area contributed by atoms with Crippen molar-refractivity contribution in [3.05, 3.63) is 0 Å². The highest BCUT2D eigenvalue weighted by atomic mass is 19.4. The number of Topliss-reactive ketones (excluding diaryl/α,β-unsaturated/α-hetero) is 1. The van der Waals surface area contributed by atoms with E-state index in [1.54, 1.807) is 13.8 Å². The van der Waals surface area contributed by atoms with E-state index in [1.807, 2.05) is 0 Å². The molecule has 0 aromatic heterocycles. The van der Waals surface area contributed by atoms with Crippen LogP contribution < -0.4 is 0 Å². The second-order valence-corrected chi connectivity index (χ2v) is 2.89. The summed E-state index contributed by atoms with van der Waals surface area (Å²) in [6, 6.07) is 0. The lowest BCUT2D eigenvalue weighted by Crippen LogP contribution is -2.15. The van der Waals surface area contributed by atoms with Gasteiger partial charge in [-0.1, -0.05) is 13.8 Å². The largest absolute Gasteiger partial charge is 0.389 e. The van der Waals surface area contributed by atoms with Crippen molar-refractivity contribution in [3.63, 3.8) is 0 Å². The molecule has 1 unspecified atom stereocenters. The molecule has 0 amide bonds. The fraction of sp³-hybridized carbons (Fsp3) is 0.875. The smallest absolute Gasteiger partial charge is 0.299 e. The maximum atomic E-state index is 11.6. The van der Waals surface area contributed by atoms with Gasteiger partial charge in [-0.05, 0) is 6.42 Å². The minimum atomic E-state index is -4.21. The normalized spacial score (nSPS) is 14.4. The number of halogens is 3. The number of rotatable bonds is 4. The lowest BCUT2D eigenvalue weighted by Gasteiger charge is -2.08. The molecular weight excluding hydrogens is 169 g/mol. The van der Waals surface area contributed by atoms with Gasteiger partial charge >= 0.3 is 6.18 Å². The van der Waals surface area contributed by atoms with Crippen LogP contribution in [0.15, 0.2) is 0 Å².